The van der Waals surface area contributed by atoms with E-state index in [0.29, 0.717) is 23.0 Å². The number of anilines is 3. The summed E-state index contributed by atoms with van der Waals surface area (Å²) in [7, 11) is 1.90. The van der Waals surface area contributed by atoms with Crippen molar-refractivity contribution in [2.75, 3.05) is 23.8 Å². The molecule has 6 nitrogen and oxygen atoms in total. The van der Waals surface area contributed by atoms with Crippen LogP contribution in [0.1, 0.15) is 31.0 Å². The maximum Gasteiger partial charge on any atom is 0.416 e. The van der Waals surface area contributed by atoms with E-state index in [1.165, 1.54) is 6.07 Å². The minimum atomic E-state index is -4.43. The van der Waals surface area contributed by atoms with Crippen LogP contribution >= 0.6 is 0 Å². The van der Waals surface area contributed by atoms with E-state index in [-0.39, 0.29) is 5.82 Å². The fraction of sp³-hybridized carbons (Fsp3) is 0.350. The van der Waals surface area contributed by atoms with Crippen molar-refractivity contribution in [3.8, 4) is 11.4 Å². The molecule has 29 heavy (non-hydrogen) atoms. The molecule has 9 heteroatoms. The van der Waals surface area contributed by atoms with Gasteiger partial charge in [-0.05, 0) is 25.5 Å². The molecule has 0 radical (unpaired) electrons. The largest absolute Gasteiger partial charge is 0.416 e. The van der Waals surface area contributed by atoms with E-state index in [0.717, 1.165) is 37.2 Å². The molecule has 0 amide bonds. The van der Waals surface area contributed by atoms with Gasteiger partial charge in [0.05, 0.1) is 5.56 Å². The van der Waals surface area contributed by atoms with Gasteiger partial charge in [-0.15, -0.1) is 0 Å². The zero-order valence-corrected chi connectivity index (χ0v) is 16.5. The highest BCUT2D eigenvalue weighted by Gasteiger charge is 2.30. The number of aromatic amines is 1. The number of aromatic nitrogens is 4. The molecule has 0 aliphatic rings. The summed E-state index contributed by atoms with van der Waals surface area (Å²) in [5.41, 5.74) is 0.438. The normalized spacial score (nSPS) is 11.5. The zero-order chi connectivity index (χ0) is 21.0. The predicted molar refractivity (Wildman–Crippen MR) is 107 cm³/mol. The SMILES string of the molecule is CCCCN(C)c1cc(Nc2cc(C)[nH]n2)nc(-c2cccc(C(F)(F)F)c2)n1. The molecule has 2 aromatic heterocycles. The van der Waals surface area contributed by atoms with Crippen LogP contribution in [0.25, 0.3) is 11.4 Å². The Hall–Kier alpha value is -3.10. The highest BCUT2D eigenvalue weighted by atomic mass is 19.4. The van der Waals surface area contributed by atoms with Gasteiger partial charge in [0.1, 0.15) is 11.6 Å². The number of nitrogens with zero attached hydrogens (tertiary/aromatic N) is 4. The van der Waals surface area contributed by atoms with Crippen molar-refractivity contribution in [1.29, 1.82) is 0 Å². The Labute approximate surface area is 167 Å². The number of hydrogen-bond acceptors (Lipinski definition) is 5. The predicted octanol–water partition coefficient (Wildman–Crippen LogP) is 5.17. The van der Waals surface area contributed by atoms with E-state index in [4.69, 9.17) is 0 Å². The first-order valence-corrected chi connectivity index (χ1v) is 9.33. The number of hydrogen-bond donors (Lipinski definition) is 2. The van der Waals surface area contributed by atoms with Crippen molar-refractivity contribution in [3.63, 3.8) is 0 Å². The van der Waals surface area contributed by atoms with Crippen LogP contribution in [0.15, 0.2) is 36.4 Å². The molecular weight excluding hydrogens is 381 g/mol. The van der Waals surface area contributed by atoms with Gasteiger partial charge in [-0.1, -0.05) is 25.5 Å². The molecule has 0 aliphatic heterocycles. The molecule has 3 aromatic rings. The quantitative estimate of drug-likeness (QED) is 0.568. The third kappa shape index (κ3) is 5.24. The average molecular weight is 404 g/mol. The van der Waals surface area contributed by atoms with Crippen LogP contribution in [0.3, 0.4) is 0 Å². The first-order chi connectivity index (χ1) is 13.8. The first-order valence-electron chi connectivity index (χ1n) is 9.33. The zero-order valence-electron chi connectivity index (χ0n) is 16.5. The number of H-pyrrole nitrogens is 1. The van der Waals surface area contributed by atoms with Gasteiger partial charge in [-0.3, -0.25) is 5.10 Å². The summed E-state index contributed by atoms with van der Waals surface area (Å²) in [6.45, 7) is 4.74. The summed E-state index contributed by atoms with van der Waals surface area (Å²) in [5.74, 6) is 1.86. The van der Waals surface area contributed by atoms with Crippen LogP contribution in [0.4, 0.5) is 30.6 Å². The Morgan fingerprint density at radius 2 is 1.90 bits per heavy atom. The van der Waals surface area contributed by atoms with E-state index < -0.39 is 11.7 Å². The summed E-state index contributed by atoms with van der Waals surface area (Å²) in [5, 5.41) is 10.0. The molecule has 0 fully saturated rings. The first kappa shape index (κ1) is 20.6. The average Bonchev–Trinajstić information content (AvgIpc) is 3.09. The summed E-state index contributed by atoms with van der Waals surface area (Å²) < 4.78 is 39.4. The smallest absolute Gasteiger partial charge is 0.359 e. The highest BCUT2D eigenvalue weighted by Crippen LogP contribution is 2.32. The van der Waals surface area contributed by atoms with Crippen LogP contribution in [-0.2, 0) is 6.18 Å². The van der Waals surface area contributed by atoms with Crippen LogP contribution in [0.2, 0.25) is 0 Å². The molecule has 2 heterocycles. The molecule has 0 aliphatic carbocycles. The Morgan fingerprint density at radius 1 is 1.10 bits per heavy atom. The van der Waals surface area contributed by atoms with Gasteiger partial charge >= 0.3 is 6.18 Å². The van der Waals surface area contributed by atoms with E-state index in [1.54, 1.807) is 12.1 Å². The van der Waals surface area contributed by atoms with Crippen LogP contribution < -0.4 is 10.2 Å². The van der Waals surface area contributed by atoms with Gasteiger partial charge in [0, 0.05) is 37.0 Å². The van der Waals surface area contributed by atoms with Gasteiger partial charge in [0.2, 0.25) is 0 Å². The van der Waals surface area contributed by atoms with Crippen molar-refractivity contribution in [2.24, 2.45) is 0 Å². The van der Waals surface area contributed by atoms with Crippen LogP contribution in [0.5, 0.6) is 0 Å². The summed E-state index contributed by atoms with van der Waals surface area (Å²) >= 11 is 0. The van der Waals surface area contributed by atoms with Crippen molar-refractivity contribution >= 4 is 17.5 Å². The van der Waals surface area contributed by atoms with E-state index >= 15 is 0 Å². The molecule has 154 valence electrons. The molecule has 0 saturated carbocycles. The second-order valence-electron chi connectivity index (χ2n) is 6.85. The third-order valence-corrected chi connectivity index (χ3v) is 4.36. The lowest BCUT2D eigenvalue weighted by atomic mass is 10.1. The van der Waals surface area contributed by atoms with Gasteiger partial charge in [0.25, 0.3) is 0 Å². The fourth-order valence-corrected chi connectivity index (χ4v) is 2.78. The second kappa shape index (κ2) is 8.50. The van der Waals surface area contributed by atoms with Gasteiger partial charge in [-0.2, -0.15) is 18.3 Å². The minimum absolute atomic E-state index is 0.215. The number of rotatable bonds is 7. The van der Waals surface area contributed by atoms with Crippen molar-refractivity contribution in [1.82, 2.24) is 20.2 Å². The maximum absolute atomic E-state index is 13.1. The highest BCUT2D eigenvalue weighted by molar-refractivity contribution is 5.65. The van der Waals surface area contributed by atoms with E-state index in [1.807, 2.05) is 24.9 Å². The summed E-state index contributed by atoms with van der Waals surface area (Å²) in [6.07, 6.45) is -2.44. The van der Waals surface area contributed by atoms with E-state index in [2.05, 4.69) is 32.4 Å². The third-order valence-electron chi connectivity index (χ3n) is 4.36. The van der Waals surface area contributed by atoms with Crippen molar-refractivity contribution < 1.29 is 13.2 Å². The fourth-order valence-electron chi connectivity index (χ4n) is 2.78. The Balaban J connectivity index is 2.02. The molecule has 0 spiro atoms. The number of aryl methyl sites for hydroxylation is 1. The molecule has 2 N–H and O–H groups in total. The number of nitrogens with one attached hydrogen (secondary N) is 2. The molecule has 1 aromatic carbocycles. The monoisotopic (exact) mass is 404 g/mol. The molecule has 0 bridgehead atoms. The summed E-state index contributed by atoms with van der Waals surface area (Å²) in [6, 6.07) is 8.60. The Kier molecular flexibility index (Phi) is 6.05. The lowest BCUT2D eigenvalue weighted by molar-refractivity contribution is -0.137. The number of alkyl halides is 3. The number of halogens is 3. The van der Waals surface area contributed by atoms with Crippen molar-refractivity contribution in [2.45, 2.75) is 32.9 Å². The Morgan fingerprint density at radius 3 is 2.55 bits per heavy atom. The molecule has 3 rings (SSSR count). The maximum atomic E-state index is 13.1. The second-order valence-corrected chi connectivity index (χ2v) is 6.85. The van der Waals surface area contributed by atoms with Gasteiger partial charge < -0.3 is 10.2 Å². The topological polar surface area (TPSA) is 69.7 Å². The number of benzene rings is 1. The minimum Gasteiger partial charge on any atom is -0.359 e. The molecule has 0 atom stereocenters. The van der Waals surface area contributed by atoms with Crippen LogP contribution in [-0.4, -0.2) is 33.8 Å². The van der Waals surface area contributed by atoms with E-state index in [9.17, 15) is 13.2 Å². The lowest BCUT2D eigenvalue weighted by Gasteiger charge is -2.19. The van der Waals surface area contributed by atoms with Crippen LogP contribution in [0, 0.1) is 6.92 Å². The van der Waals surface area contributed by atoms with Gasteiger partial charge in [0.15, 0.2) is 11.6 Å². The molecule has 0 unspecified atom stereocenters. The molecule has 0 saturated heterocycles. The van der Waals surface area contributed by atoms with Crippen molar-refractivity contribution in [3.05, 3.63) is 47.7 Å². The Bertz CT molecular complexity index is 967. The summed E-state index contributed by atoms with van der Waals surface area (Å²) in [4.78, 5) is 10.9. The standard InChI is InChI=1S/C20H23F3N6/c1-4-5-9-29(3)18-12-16(24-17-10-13(2)27-28-17)25-19(26-18)14-7-6-8-15(11-14)20(21,22)23/h6-8,10-12H,4-5,9H2,1-3H3,(H2,24,25,26,27,28). The van der Waals surface area contributed by atoms with Gasteiger partial charge in [-0.25, -0.2) is 9.97 Å². The number of unbranched alkanes of at least 4 members (excludes halogenated alkanes) is 1. The molecular formula is C20H23F3N6. The lowest BCUT2D eigenvalue weighted by Crippen LogP contribution is -2.20.